The van der Waals surface area contributed by atoms with Gasteiger partial charge in [-0.1, -0.05) is 5.21 Å². The van der Waals surface area contributed by atoms with Crippen molar-refractivity contribution < 1.29 is 0 Å². The maximum absolute atomic E-state index is 4.12. The molecule has 0 aliphatic carbocycles. The van der Waals surface area contributed by atoms with Crippen LogP contribution in [0.1, 0.15) is 22.9 Å². The number of likely N-dealkylation sites (N-methyl/N-ethyl adjacent to an activating group) is 1. The molecule has 0 aliphatic heterocycles. The molecule has 2 aromatic rings. The molecule has 5 heteroatoms. The molecule has 2 heterocycles. The summed E-state index contributed by atoms with van der Waals surface area (Å²) in [5.41, 5.74) is 3.72. The van der Waals surface area contributed by atoms with E-state index >= 15 is 0 Å². The lowest BCUT2D eigenvalue weighted by Gasteiger charge is -2.14. The summed E-state index contributed by atoms with van der Waals surface area (Å²) in [5.74, 6) is 0. The van der Waals surface area contributed by atoms with Crippen LogP contribution in [0, 0.1) is 6.92 Å². The number of hydrogen-bond acceptors (Lipinski definition) is 4. The molecule has 2 rings (SSSR count). The van der Waals surface area contributed by atoms with Gasteiger partial charge in [0.1, 0.15) is 0 Å². The van der Waals surface area contributed by atoms with Gasteiger partial charge in [0, 0.05) is 25.7 Å². The second kappa shape index (κ2) is 4.76. The van der Waals surface area contributed by atoms with Gasteiger partial charge in [0.25, 0.3) is 0 Å². The average molecular weight is 236 g/mol. The van der Waals surface area contributed by atoms with Gasteiger partial charge in [-0.05, 0) is 35.9 Å². The lowest BCUT2D eigenvalue weighted by molar-refractivity contribution is 0.582. The first-order chi connectivity index (χ1) is 7.70. The highest BCUT2D eigenvalue weighted by Gasteiger charge is 2.14. The van der Waals surface area contributed by atoms with Crippen molar-refractivity contribution in [1.82, 2.24) is 20.3 Å². The Balaban J connectivity index is 2.15. The standard InChI is InChI=1S/C11H16N4S/c1-8-6-16-7-10(8)11(12-2)4-9-5-15(3)14-13-9/h5-7,11-12H,4H2,1-3H3. The number of hydrogen-bond donors (Lipinski definition) is 1. The van der Waals surface area contributed by atoms with Crippen LogP contribution in [-0.4, -0.2) is 22.0 Å². The van der Waals surface area contributed by atoms with E-state index in [1.54, 1.807) is 16.0 Å². The third-order valence-corrected chi connectivity index (χ3v) is 3.56. The predicted octanol–water partition coefficient (Wildman–Crippen LogP) is 1.69. The molecule has 0 radical (unpaired) electrons. The van der Waals surface area contributed by atoms with E-state index in [0.717, 1.165) is 12.1 Å². The van der Waals surface area contributed by atoms with Gasteiger partial charge in [-0.3, -0.25) is 4.68 Å². The van der Waals surface area contributed by atoms with Gasteiger partial charge in [-0.2, -0.15) is 11.3 Å². The highest BCUT2D eigenvalue weighted by Crippen LogP contribution is 2.23. The Kier molecular flexibility index (Phi) is 3.36. The van der Waals surface area contributed by atoms with Crippen molar-refractivity contribution in [2.24, 2.45) is 7.05 Å². The maximum atomic E-state index is 4.12. The normalized spacial score (nSPS) is 12.9. The van der Waals surface area contributed by atoms with Gasteiger partial charge in [0.15, 0.2) is 0 Å². The molecule has 0 fully saturated rings. The van der Waals surface area contributed by atoms with Crippen LogP contribution in [0.4, 0.5) is 0 Å². The summed E-state index contributed by atoms with van der Waals surface area (Å²) < 4.78 is 1.74. The van der Waals surface area contributed by atoms with E-state index in [0.29, 0.717) is 6.04 Å². The zero-order valence-corrected chi connectivity index (χ0v) is 10.6. The predicted molar refractivity (Wildman–Crippen MR) is 65.6 cm³/mol. The van der Waals surface area contributed by atoms with Gasteiger partial charge in [0.05, 0.1) is 5.69 Å². The summed E-state index contributed by atoms with van der Waals surface area (Å²) >= 11 is 1.74. The van der Waals surface area contributed by atoms with Crippen molar-refractivity contribution in [3.05, 3.63) is 33.8 Å². The zero-order valence-electron chi connectivity index (χ0n) is 9.77. The molecule has 0 aromatic carbocycles. The Bertz CT molecular complexity index is 460. The highest BCUT2D eigenvalue weighted by atomic mass is 32.1. The molecule has 0 amide bonds. The van der Waals surface area contributed by atoms with Crippen molar-refractivity contribution in [2.45, 2.75) is 19.4 Å². The molecule has 1 unspecified atom stereocenters. The molecule has 2 aromatic heterocycles. The van der Waals surface area contributed by atoms with E-state index in [1.165, 1.54) is 11.1 Å². The zero-order chi connectivity index (χ0) is 11.5. The number of rotatable bonds is 4. The number of nitrogens with zero attached hydrogens (tertiary/aromatic N) is 3. The quantitative estimate of drug-likeness (QED) is 0.878. The number of aryl methyl sites for hydroxylation is 2. The maximum Gasteiger partial charge on any atom is 0.0845 e. The fourth-order valence-corrected chi connectivity index (χ4v) is 2.70. The Morgan fingerprint density at radius 1 is 1.50 bits per heavy atom. The summed E-state index contributed by atoms with van der Waals surface area (Å²) in [6.07, 6.45) is 2.84. The van der Waals surface area contributed by atoms with Crippen molar-refractivity contribution in [3.63, 3.8) is 0 Å². The molecule has 0 saturated heterocycles. The molecule has 0 saturated carbocycles. The van der Waals surface area contributed by atoms with Crippen LogP contribution >= 0.6 is 11.3 Å². The lowest BCUT2D eigenvalue weighted by Crippen LogP contribution is -2.19. The second-order valence-electron chi connectivity index (χ2n) is 3.94. The average Bonchev–Trinajstić information content (AvgIpc) is 2.84. The third kappa shape index (κ3) is 2.31. The molecule has 4 nitrogen and oxygen atoms in total. The first-order valence-corrected chi connectivity index (χ1v) is 6.20. The third-order valence-electron chi connectivity index (χ3n) is 2.68. The molecular formula is C11H16N4S. The molecular weight excluding hydrogens is 220 g/mol. The number of nitrogens with one attached hydrogen (secondary N) is 1. The molecule has 16 heavy (non-hydrogen) atoms. The lowest BCUT2D eigenvalue weighted by atomic mass is 10.0. The minimum Gasteiger partial charge on any atom is -0.313 e. The molecule has 0 spiro atoms. The van der Waals surface area contributed by atoms with Crippen LogP contribution < -0.4 is 5.32 Å². The monoisotopic (exact) mass is 236 g/mol. The Morgan fingerprint density at radius 2 is 2.31 bits per heavy atom. The molecule has 86 valence electrons. The summed E-state index contributed by atoms with van der Waals surface area (Å²) in [6.45, 7) is 2.15. The summed E-state index contributed by atoms with van der Waals surface area (Å²) in [7, 11) is 3.87. The Morgan fingerprint density at radius 3 is 2.81 bits per heavy atom. The number of thiophene rings is 1. The fourth-order valence-electron chi connectivity index (χ4n) is 1.79. The van der Waals surface area contributed by atoms with Gasteiger partial charge in [-0.15, -0.1) is 5.10 Å². The van der Waals surface area contributed by atoms with E-state index < -0.39 is 0 Å². The topological polar surface area (TPSA) is 42.7 Å². The Hall–Kier alpha value is -1.20. The van der Waals surface area contributed by atoms with E-state index in [-0.39, 0.29) is 0 Å². The minimum atomic E-state index is 0.322. The van der Waals surface area contributed by atoms with E-state index in [4.69, 9.17) is 0 Å². The summed E-state index contributed by atoms with van der Waals surface area (Å²) in [4.78, 5) is 0. The molecule has 0 aliphatic rings. The van der Waals surface area contributed by atoms with Crippen LogP contribution in [-0.2, 0) is 13.5 Å². The first-order valence-electron chi connectivity index (χ1n) is 5.26. The van der Waals surface area contributed by atoms with E-state index in [9.17, 15) is 0 Å². The van der Waals surface area contributed by atoms with Crippen molar-refractivity contribution >= 4 is 11.3 Å². The van der Waals surface area contributed by atoms with Crippen LogP contribution in [0.2, 0.25) is 0 Å². The smallest absolute Gasteiger partial charge is 0.0845 e. The van der Waals surface area contributed by atoms with Gasteiger partial charge < -0.3 is 5.32 Å². The fraction of sp³-hybridized carbons (Fsp3) is 0.455. The van der Waals surface area contributed by atoms with Crippen LogP contribution in [0.15, 0.2) is 17.0 Å². The summed E-state index contributed by atoms with van der Waals surface area (Å²) in [6, 6.07) is 0.322. The second-order valence-corrected chi connectivity index (χ2v) is 4.68. The van der Waals surface area contributed by atoms with Gasteiger partial charge >= 0.3 is 0 Å². The van der Waals surface area contributed by atoms with E-state index in [2.05, 4.69) is 33.3 Å². The first kappa shape index (κ1) is 11.3. The summed E-state index contributed by atoms with van der Waals surface area (Å²) in [5, 5.41) is 15.8. The van der Waals surface area contributed by atoms with Crippen molar-refractivity contribution in [3.8, 4) is 0 Å². The van der Waals surface area contributed by atoms with Crippen molar-refractivity contribution in [2.75, 3.05) is 7.05 Å². The largest absolute Gasteiger partial charge is 0.313 e. The van der Waals surface area contributed by atoms with Gasteiger partial charge in [0.2, 0.25) is 0 Å². The molecule has 1 N–H and O–H groups in total. The van der Waals surface area contributed by atoms with Crippen LogP contribution in [0.5, 0.6) is 0 Å². The minimum absolute atomic E-state index is 0.322. The van der Waals surface area contributed by atoms with E-state index in [1.807, 2.05) is 20.3 Å². The molecule has 1 atom stereocenters. The van der Waals surface area contributed by atoms with Crippen LogP contribution in [0.3, 0.4) is 0 Å². The highest BCUT2D eigenvalue weighted by molar-refractivity contribution is 7.08. The van der Waals surface area contributed by atoms with Gasteiger partial charge in [-0.25, -0.2) is 0 Å². The van der Waals surface area contributed by atoms with Crippen molar-refractivity contribution in [1.29, 1.82) is 0 Å². The Labute approximate surface area is 99.3 Å². The number of aromatic nitrogens is 3. The molecule has 0 bridgehead atoms. The SMILES string of the molecule is CNC(Cc1cn(C)nn1)c1cscc1C. The van der Waals surface area contributed by atoms with Crippen LogP contribution in [0.25, 0.3) is 0 Å².